The minimum absolute atomic E-state index is 0.405. The van der Waals surface area contributed by atoms with Crippen LogP contribution in [0.2, 0.25) is 0 Å². The van der Waals surface area contributed by atoms with Crippen LogP contribution in [0.4, 0.5) is 0 Å². The summed E-state index contributed by atoms with van der Waals surface area (Å²) in [6.45, 7) is 4.45. The highest BCUT2D eigenvalue weighted by atomic mass is 14.6. The van der Waals surface area contributed by atoms with Gasteiger partial charge in [-0.1, -0.05) is 6.92 Å². The van der Waals surface area contributed by atoms with Gasteiger partial charge in [-0.3, -0.25) is 0 Å². The molecule has 1 aliphatic rings. The van der Waals surface area contributed by atoms with Gasteiger partial charge in [-0.25, -0.2) is 0 Å². The molecule has 1 fully saturated rings. The lowest BCUT2D eigenvalue weighted by Crippen LogP contribution is -2.15. The Morgan fingerprint density at radius 3 is 2.44 bits per heavy atom. The normalized spacial score (nSPS) is 25.7. The fraction of sp³-hybridized carbons (Fsp3) is 1.00. The lowest BCUT2D eigenvalue weighted by molar-refractivity contribution is 0.465. The highest BCUT2D eigenvalue weighted by Gasteiger charge is 2.36. The smallest absolute Gasteiger partial charge is 0.00106 e. The summed E-state index contributed by atoms with van der Waals surface area (Å²) in [5.74, 6) is 0. The Labute approximate surface area is 57.6 Å². The van der Waals surface area contributed by atoms with Gasteiger partial charge < -0.3 is 5.73 Å². The first kappa shape index (κ1) is 7.07. The largest absolute Gasteiger partial charge is 0.328 e. The fourth-order valence-corrected chi connectivity index (χ4v) is 1.04. The second kappa shape index (κ2) is 2.30. The maximum Gasteiger partial charge on any atom is 0.00106 e. The van der Waals surface area contributed by atoms with E-state index in [2.05, 4.69) is 13.8 Å². The van der Waals surface area contributed by atoms with Crippen LogP contribution in [0, 0.1) is 5.41 Å². The fourth-order valence-electron chi connectivity index (χ4n) is 1.04. The van der Waals surface area contributed by atoms with E-state index in [0.29, 0.717) is 11.5 Å². The summed E-state index contributed by atoms with van der Waals surface area (Å²) in [4.78, 5) is 0. The molecular weight excluding hydrogens is 110 g/mol. The predicted octanol–water partition coefficient (Wildman–Crippen LogP) is 1.91. The van der Waals surface area contributed by atoms with Gasteiger partial charge in [-0.15, -0.1) is 0 Å². The van der Waals surface area contributed by atoms with Gasteiger partial charge in [0.2, 0.25) is 0 Å². The van der Waals surface area contributed by atoms with Crippen molar-refractivity contribution in [3.8, 4) is 0 Å². The SMILES string of the molecule is C[C@@H](N)CCC1(C)CC1. The molecule has 0 saturated heterocycles. The average molecular weight is 127 g/mol. The first-order valence-corrected chi connectivity index (χ1v) is 3.88. The van der Waals surface area contributed by atoms with Gasteiger partial charge >= 0.3 is 0 Å². The molecule has 0 aromatic rings. The molecule has 1 aliphatic carbocycles. The van der Waals surface area contributed by atoms with Crippen molar-refractivity contribution in [2.45, 2.75) is 45.6 Å². The monoisotopic (exact) mass is 127 g/mol. The third kappa shape index (κ3) is 2.35. The second-order valence-corrected chi connectivity index (χ2v) is 3.83. The Hall–Kier alpha value is -0.0400. The summed E-state index contributed by atoms with van der Waals surface area (Å²) in [6.07, 6.45) is 5.40. The van der Waals surface area contributed by atoms with Crippen LogP contribution in [0.1, 0.15) is 39.5 Å². The molecule has 0 aromatic carbocycles. The highest BCUT2D eigenvalue weighted by molar-refractivity contribution is 4.88. The lowest BCUT2D eigenvalue weighted by Gasteiger charge is -2.08. The third-order valence-corrected chi connectivity index (χ3v) is 2.31. The summed E-state index contributed by atoms with van der Waals surface area (Å²) in [5, 5.41) is 0. The van der Waals surface area contributed by atoms with E-state index in [-0.39, 0.29) is 0 Å². The van der Waals surface area contributed by atoms with Crippen LogP contribution in [0.25, 0.3) is 0 Å². The summed E-state index contributed by atoms with van der Waals surface area (Å²) in [5.41, 5.74) is 6.33. The van der Waals surface area contributed by atoms with E-state index < -0.39 is 0 Å². The molecule has 1 heteroatoms. The Balaban J connectivity index is 2.05. The molecule has 2 N–H and O–H groups in total. The molecule has 1 rings (SSSR count). The number of nitrogens with two attached hydrogens (primary N) is 1. The Kier molecular flexibility index (Phi) is 1.80. The Morgan fingerprint density at radius 2 is 2.11 bits per heavy atom. The zero-order valence-corrected chi connectivity index (χ0v) is 6.48. The highest BCUT2D eigenvalue weighted by Crippen LogP contribution is 2.48. The third-order valence-electron chi connectivity index (χ3n) is 2.31. The van der Waals surface area contributed by atoms with E-state index >= 15 is 0 Å². The van der Waals surface area contributed by atoms with Gasteiger partial charge in [0.25, 0.3) is 0 Å². The van der Waals surface area contributed by atoms with Crippen molar-refractivity contribution in [1.29, 1.82) is 0 Å². The molecule has 1 nitrogen and oxygen atoms in total. The minimum atomic E-state index is 0.405. The van der Waals surface area contributed by atoms with Gasteiger partial charge in [-0.2, -0.15) is 0 Å². The Morgan fingerprint density at radius 1 is 1.56 bits per heavy atom. The van der Waals surface area contributed by atoms with E-state index in [1.165, 1.54) is 25.7 Å². The molecule has 0 bridgehead atoms. The van der Waals surface area contributed by atoms with Crippen LogP contribution in [0.15, 0.2) is 0 Å². The van der Waals surface area contributed by atoms with Gasteiger partial charge in [-0.05, 0) is 38.0 Å². The molecule has 9 heavy (non-hydrogen) atoms. The van der Waals surface area contributed by atoms with Crippen molar-refractivity contribution in [3.05, 3.63) is 0 Å². The standard InChI is InChI=1S/C8H17N/c1-7(9)3-4-8(2)5-6-8/h7H,3-6,9H2,1-2H3/t7-/m1/s1. The minimum Gasteiger partial charge on any atom is -0.328 e. The van der Waals surface area contributed by atoms with Crippen molar-refractivity contribution in [2.75, 3.05) is 0 Å². The molecular formula is C8H17N. The molecule has 0 amide bonds. The summed E-state index contributed by atoms with van der Waals surface area (Å²) < 4.78 is 0. The first-order valence-electron chi connectivity index (χ1n) is 3.88. The second-order valence-electron chi connectivity index (χ2n) is 3.83. The van der Waals surface area contributed by atoms with Gasteiger partial charge in [0.15, 0.2) is 0 Å². The molecule has 1 saturated carbocycles. The maximum absolute atomic E-state index is 5.63. The molecule has 0 spiro atoms. The van der Waals surface area contributed by atoms with Crippen molar-refractivity contribution in [2.24, 2.45) is 11.1 Å². The number of hydrogen-bond donors (Lipinski definition) is 1. The summed E-state index contributed by atoms with van der Waals surface area (Å²) >= 11 is 0. The molecule has 0 heterocycles. The van der Waals surface area contributed by atoms with E-state index in [9.17, 15) is 0 Å². The van der Waals surface area contributed by atoms with Crippen LogP contribution < -0.4 is 5.73 Å². The van der Waals surface area contributed by atoms with Crippen LogP contribution in [0.5, 0.6) is 0 Å². The van der Waals surface area contributed by atoms with Crippen LogP contribution in [0.3, 0.4) is 0 Å². The molecule has 0 aromatic heterocycles. The van der Waals surface area contributed by atoms with Crippen molar-refractivity contribution in [1.82, 2.24) is 0 Å². The summed E-state index contributed by atoms with van der Waals surface area (Å²) in [7, 11) is 0. The van der Waals surface area contributed by atoms with Crippen molar-refractivity contribution in [3.63, 3.8) is 0 Å². The van der Waals surface area contributed by atoms with Crippen molar-refractivity contribution >= 4 is 0 Å². The summed E-state index contributed by atoms with van der Waals surface area (Å²) in [6, 6.07) is 0.405. The van der Waals surface area contributed by atoms with Gasteiger partial charge in [0.1, 0.15) is 0 Å². The zero-order chi connectivity index (χ0) is 6.91. The maximum atomic E-state index is 5.63. The number of hydrogen-bond acceptors (Lipinski definition) is 1. The van der Waals surface area contributed by atoms with Crippen LogP contribution in [-0.4, -0.2) is 6.04 Å². The zero-order valence-electron chi connectivity index (χ0n) is 6.48. The number of rotatable bonds is 3. The predicted molar refractivity (Wildman–Crippen MR) is 40.2 cm³/mol. The lowest BCUT2D eigenvalue weighted by atomic mass is 10.0. The van der Waals surface area contributed by atoms with Crippen LogP contribution in [-0.2, 0) is 0 Å². The Bertz CT molecular complexity index is 92.7. The van der Waals surface area contributed by atoms with E-state index in [4.69, 9.17) is 5.73 Å². The van der Waals surface area contributed by atoms with E-state index in [1.807, 2.05) is 0 Å². The molecule has 54 valence electrons. The van der Waals surface area contributed by atoms with Crippen LogP contribution >= 0.6 is 0 Å². The quantitative estimate of drug-likeness (QED) is 0.615. The van der Waals surface area contributed by atoms with Crippen molar-refractivity contribution < 1.29 is 0 Å². The van der Waals surface area contributed by atoms with Gasteiger partial charge in [0.05, 0.1) is 0 Å². The topological polar surface area (TPSA) is 26.0 Å². The first-order chi connectivity index (χ1) is 4.12. The van der Waals surface area contributed by atoms with E-state index in [0.717, 1.165) is 0 Å². The van der Waals surface area contributed by atoms with Gasteiger partial charge in [0, 0.05) is 6.04 Å². The molecule has 0 aliphatic heterocycles. The molecule has 1 atom stereocenters. The average Bonchev–Trinajstić information content (AvgIpc) is 2.45. The molecule has 0 unspecified atom stereocenters. The molecule has 0 radical (unpaired) electrons. The van der Waals surface area contributed by atoms with E-state index in [1.54, 1.807) is 0 Å².